The summed E-state index contributed by atoms with van der Waals surface area (Å²) in [6.45, 7) is 1.65. The Morgan fingerprint density at radius 3 is 2.63 bits per heavy atom. The Balaban J connectivity index is 2.27. The van der Waals surface area contributed by atoms with Gasteiger partial charge in [0.2, 0.25) is 0 Å². The molecule has 0 aliphatic carbocycles. The van der Waals surface area contributed by atoms with E-state index in [0.717, 1.165) is 11.8 Å². The third-order valence-electron chi connectivity index (χ3n) is 3.01. The van der Waals surface area contributed by atoms with Crippen LogP contribution in [0.15, 0.2) is 42.6 Å². The van der Waals surface area contributed by atoms with Gasteiger partial charge in [0.05, 0.1) is 19.0 Å². The largest absolute Gasteiger partial charge is 0.496 e. The molecule has 1 aromatic carbocycles. The molecule has 1 heterocycles. The molecular formula is C15H16FNO2. The van der Waals surface area contributed by atoms with Gasteiger partial charge < -0.3 is 9.84 Å². The molecule has 1 unspecified atom stereocenters. The third kappa shape index (κ3) is 3.09. The molecule has 0 aliphatic heterocycles. The highest BCUT2D eigenvalue weighted by Crippen LogP contribution is 2.28. The molecule has 1 aromatic heterocycles. The summed E-state index contributed by atoms with van der Waals surface area (Å²) in [5.74, 6) is 0.293. The van der Waals surface area contributed by atoms with Gasteiger partial charge in [-0.2, -0.15) is 0 Å². The molecule has 100 valence electrons. The number of rotatable bonds is 4. The average Bonchev–Trinajstić information content (AvgIpc) is 2.39. The smallest absolute Gasteiger partial charge is 0.141 e. The summed E-state index contributed by atoms with van der Waals surface area (Å²) >= 11 is 0. The maximum atomic E-state index is 12.9. The highest BCUT2D eigenvalue weighted by Gasteiger charge is 2.26. The fourth-order valence-electron chi connectivity index (χ4n) is 2.00. The summed E-state index contributed by atoms with van der Waals surface area (Å²) in [7, 11) is 1.59. The van der Waals surface area contributed by atoms with Gasteiger partial charge in [0.15, 0.2) is 0 Å². The van der Waals surface area contributed by atoms with Gasteiger partial charge in [-0.15, -0.1) is 0 Å². The summed E-state index contributed by atoms with van der Waals surface area (Å²) < 4.78 is 18.1. The van der Waals surface area contributed by atoms with Crippen molar-refractivity contribution in [1.82, 2.24) is 4.98 Å². The first-order valence-electron chi connectivity index (χ1n) is 5.99. The van der Waals surface area contributed by atoms with Crippen LogP contribution in [-0.2, 0) is 12.0 Å². The van der Waals surface area contributed by atoms with Crippen LogP contribution in [0.5, 0.6) is 5.75 Å². The Labute approximate surface area is 111 Å². The van der Waals surface area contributed by atoms with Gasteiger partial charge in [-0.1, -0.05) is 18.2 Å². The highest BCUT2D eigenvalue weighted by molar-refractivity contribution is 5.35. The van der Waals surface area contributed by atoms with Crippen molar-refractivity contribution in [3.63, 3.8) is 0 Å². The second kappa shape index (κ2) is 5.36. The van der Waals surface area contributed by atoms with Crippen molar-refractivity contribution in [3.05, 3.63) is 59.7 Å². The van der Waals surface area contributed by atoms with Crippen molar-refractivity contribution in [1.29, 1.82) is 0 Å². The number of methoxy groups -OCH3 is 1. The van der Waals surface area contributed by atoms with Crippen LogP contribution in [0, 0.1) is 5.82 Å². The predicted molar refractivity (Wildman–Crippen MR) is 70.5 cm³/mol. The number of aliphatic hydroxyl groups is 1. The molecule has 3 nitrogen and oxygen atoms in total. The van der Waals surface area contributed by atoms with E-state index in [9.17, 15) is 9.50 Å². The number of halogens is 1. The van der Waals surface area contributed by atoms with Crippen LogP contribution in [0.2, 0.25) is 0 Å². The molecule has 0 spiro atoms. The fraction of sp³-hybridized carbons (Fsp3) is 0.267. The Morgan fingerprint density at radius 2 is 2.00 bits per heavy atom. The van der Waals surface area contributed by atoms with E-state index in [2.05, 4.69) is 4.98 Å². The van der Waals surface area contributed by atoms with Crippen LogP contribution in [0.4, 0.5) is 4.39 Å². The first kappa shape index (κ1) is 13.5. The van der Waals surface area contributed by atoms with E-state index < -0.39 is 11.4 Å². The van der Waals surface area contributed by atoms with E-state index in [-0.39, 0.29) is 0 Å². The molecule has 4 heteroatoms. The predicted octanol–water partition coefficient (Wildman–Crippen LogP) is 2.68. The number of hydrogen-bond donors (Lipinski definition) is 1. The van der Waals surface area contributed by atoms with Crippen LogP contribution in [0.1, 0.15) is 18.2 Å². The topological polar surface area (TPSA) is 42.4 Å². The van der Waals surface area contributed by atoms with Crippen LogP contribution in [0.25, 0.3) is 0 Å². The Kier molecular flexibility index (Phi) is 3.81. The molecule has 1 N–H and O–H groups in total. The van der Waals surface area contributed by atoms with Crippen molar-refractivity contribution in [2.24, 2.45) is 0 Å². The standard InChI is InChI=1S/C15H16FNO2/c1-15(18,14-8-7-12(16)10-17-14)9-11-5-3-4-6-13(11)19-2/h3-8,10,18H,9H2,1-2H3. The molecule has 0 aliphatic rings. The molecule has 0 saturated heterocycles. The van der Waals surface area contributed by atoms with Gasteiger partial charge >= 0.3 is 0 Å². The second-order valence-corrected chi connectivity index (χ2v) is 4.62. The van der Waals surface area contributed by atoms with Crippen molar-refractivity contribution >= 4 is 0 Å². The quantitative estimate of drug-likeness (QED) is 0.920. The third-order valence-corrected chi connectivity index (χ3v) is 3.01. The van der Waals surface area contributed by atoms with E-state index in [0.29, 0.717) is 17.9 Å². The number of aromatic nitrogens is 1. The molecule has 1 atom stereocenters. The minimum absolute atomic E-state index is 0.343. The van der Waals surface area contributed by atoms with Gasteiger partial charge in [0.25, 0.3) is 0 Å². The first-order chi connectivity index (χ1) is 9.03. The van der Waals surface area contributed by atoms with Crippen LogP contribution < -0.4 is 4.74 Å². The molecule has 2 aromatic rings. The zero-order chi connectivity index (χ0) is 13.9. The lowest BCUT2D eigenvalue weighted by Crippen LogP contribution is -2.25. The van der Waals surface area contributed by atoms with Crippen LogP contribution in [-0.4, -0.2) is 17.2 Å². The van der Waals surface area contributed by atoms with Crippen molar-refractivity contribution in [2.45, 2.75) is 18.9 Å². The van der Waals surface area contributed by atoms with E-state index in [1.807, 2.05) is 24.3 Å². The lowest BCUT2D eigenvalue weighted by molar-refractivity contribution is 0.0523. The number of pyridine rings is 1. The second-order valence-electron chi connectivity index (χ2n) is 4.62. The Morgan fingerprint density at radius 1 is 1.26 bits per heavy atom. The van der Waals surface area contributed by atoms with Gasteiger partial charge in [0.1, 0.15) is 17.2 Å². The molecule has 0 fully saturated rings. The van der Waals surface area contributed by atoms with Gasteiger partial charge in [-0.3, -0.25) is 4.98 Å². The lowest BCUT2D eigenvalue weighted by Gasteiger charge is -2.23. The monoisotopic (exact) mass is 261 g/mol. The van der Waals surface area contributed by atoms with Crippen LogP contribution >= 0.6 is 0 Å². The molecule has 0 radical (unpaired) electrons. The summed E-state index contributed by atoms with van der Waals surface area (Å²) in [5.41, 5.74) is 0.128. The molecule has 0 amide bonds. The fourth-order valence-corrected chi connectivity index (χ4v) is 2.00. The zero-order valence-electron chi connectivity index (χ0n) is 10.9. The molecule has 0 bridgehead atoms. The molecular weight excluding hydrogens is 245 g/mol. The highest BCUT2D eigenvalue weighted by atomic mass is 19.1. The summed E-state index contributed by atoms with van der Waals surface area (Å²) in [6.07, 6.45) is 1.45. The minimum Gasteiger partial charge on any atom is -0.496 e. The number of benzene rings is 1. The van der Waals surface area contributed by atoms with Crippen LogP contribution in [0.3, 0.4) is 0 Å². The average molecular weight is 261 g/mol. The van der Waals surface area contributed by atoms with E-state index in [1.165, 1.54) is 12.1 Å². The molecule has 19 heavy (non-hydrogen) atoms. The van der Waals surface area contributed by atoms with Gasteiger partial charge in [-0.25, -0.2) is 4.39 Å². The van der Waals surface area contributed by atoms with Gasteiger partial charge in [-0.05, 0) is 30.7 Å². The number of para-hydroxylation sites is 1. The normalized spacial score (nSPS) is 13.9. The number of hydrogen-bond acceptors (Lipinski definition) is 3. The number of ether oxygens (including phenoxy) is 1. The zero-order valence-corrected chi connectivity index (χ0v) is 10.9. The van der Waals surface area contributed by atoms with Crippen molar-refractivity contribution in [2.75, 3.05) is 7.11 Å². The lowest BCUT2D eigenvalue weighted by atomic mass is 9.92. The summed E-state index contributed by atoms with van der Waals surface area (Å²) in [5, 5.41) is 10.5. The van der Waals surface area contributed by atoms with E-state index in [1.54, 1.807) is 14.0 Å². The van der Waals surface area contributed by atoms with E-state index in [4.69, 9.17) is 4.74 Å². The minimum atomic E-state index is -1.18. The molecule has 2 rings (SSSR count). The summed E-state index contributed by atoms with van der Waals surface area (Å²) in [4.78, 5) is 3.94. The molecule has 0 saturated carbocycles. The van der Waals surface area contributed by atoms with Crippen molar-refractivity contribution in [3.8, 4) is 5.75 Å². The Bertz CT molecular complexity index is 552. The number of nitrogens with zero attached hydrogens (tertiary/aromatic N) is 1. The first-order valence-corrected chi connectivity index (χ1v) is 5.99. The maximum Gasteiger partial charge on any atom is 0.141 e. The Hall–Kier alpha value is -1.94. The van der Waals surface area contributed by atoms with E-state index >= 15 is 0 Å². The summed E-state index contributed by atoms with van der Waals surface area (Å²) in [6, 6.07) is 10.3. The van der Waals surface area contributed by atoms with Gasteiger partial charge in [0, 0.05) is 6.42 Å². The maximum absolute atomic E-state index is 12.9. The van der Waals surface area contributed by atoms with Crippen molar-refractivity contribution < 1.29 is 14.2 Å². The SMILES string of the molecule is COc1ccccc1CC(C)(O)c1ccc(F)cn1.